The van der Waals surface area contributed by atoms with Crippen LogP contribution in [0.4, 0.5) is 0 Å². The fraction of sp³-hybridized carbons (Fsp3) is 0.556. The Kier molecular flexibility index (Phi) is 3.12. The molecule has 0 amide bonds. The van der Waals surface area contributed by atoms with E-state index in [1.807, 2.05) is 19.9 Å². The van der Waals surface area contributed by atoms with E-state index in [2.05, 4.69) is 0 Å². The zero-order chi connectivity index (χ0) is 11.1. The number of nitrogens with zero attached hydrogens (tertiary/aromatic N) is 1. The van der Waals surface area contributed by atoms with Crippen LogP contribution < -0.4 is 0 Å². The van der Waals surface area contributed by atoms with E-state index in [9.17, 15) is 8.42 Å². The predicted molar refractivity (Wildman–Crippen MR) is 64.9 cm³/mol. The molecule has 2 rings (SSSR count). The van der Waals surface area contributed by atoms with E-state index in [1.54, 1.807) is 22.1 Å². The SMILES string of the molecule is Cc1ccc(S(=O)(=O)N2CCSC2C)s1. The molecular formula is C9H13NO2S3. The molecule has 6 heteroatoms. The van der Waals surface area contributed by atoms with Gasteiger partial charge in [0.1, 0.15) is 4.21 Å². The van der Waals surface area contributed by atoms with Gasteiger partial charge >= 0.3 is 0 Å². The highest BCUT2D eigenvalue weighted by molar-refractivity contribution is 8.01. The van der Waals surface area contributed by atoms with Crippen molar-refractivity contribution in [3.05, 3.63) is 17.0 Å². The van der Waals surface area contributed by atoms with Gasteiger partial charge in [0.2, 0.25) is 0 Å². The molecule has 1 saturated heterocycles. The van der Waals surface area contributed by atoms with Crippen LogP contribution in [0.25, 0.3) is 0 Å². The summed E-state index contributed by atoms with van der Waals surface area (Å²) in [5.41, 5.74) is 0. The molecule has 1 atom stereocenters. The predicted octanol–water partition coefficient (Wildman–Crippen LogP) is 2.14. The Morgan fingerprint density at radius 2 is 2.20 bits per heavy atom. The second kappa shape index (κ2) is 4.08. The first-order valence-corrected chi connectivity index (χ1v) is 8.02. The van der Waals surface area contributed by atoms with Gasteiger partial charge in [-0.3, -0.25) is 0 Å². The standard InChI is InChI=1S/C9H13NO2S3/c1-7-3-4-9(14-7)15(11,12)10-5-6-13-8(10)2/h3-4,8H,5-6H2,1-2H3. The Morgan fingerprint density at radius 3 is 2.67 bits per heavy atom. The fourth-order valence-corrected chi connectivity index (χ4v) is 6.00. The van der Waals surface area contributed by atoms with Crippen molar-refractivity contribution in [1.29, 1.82) is 0 Å². The van der Waals surface area contributed by atoms with Gasteiger partial charge in [0.25, 0.3) is 10.0 Å². The number of thiophene rings is 1. The van der Waals surface area contributed by atoms with Crippen LogP contribution in [0.3, 0.4) is 0 Å². The van der Waals surface area contributed by atoms with Gasteiger partial charge in [-0.05, 0) is 26.0 Å². The normalized spacial score (nSPS) is 23.5. The summed E-state index contributed by atoms with van der Waals surface area (Å²) in [7, 11) is -3.24. The molecule has 0 N–H and O–H groups in total. The number of hydrogen-bond donors (Lipinski definition) is 0. The Bertz CT molecular complexity index is 452. The first-order valence-electron chi connectivity index (χ1n) is 4.72. The number of thioether (sulfide) groups is 1. The number of hydrogen-bond acceptors (Lipinski definition) is 4. The van der Waals surface area contributed by atoms with Crippen LogP contribution in [0, 0.1) is 6.92 Å². The van der Waals surface area contributed by atoms with Gasteiger partial charge in [0.05, 0.1) is 5.37 Å². The monoisotopic (exact) mass is 263 g/mol. The summed E-state index contributed by atoms with van der Waals surface area (Å²) in [5.74, 6) is 0.894. The summed E-state index contributed by atoms with van der Waals surface area (Å²) in [6, 6.07) is 3.55. The molecule has 1 aromatic rings. The van der Waals surface area contributed by atoms with Gasteiger partial charge < -0.3 is 0 Å². The molecule has 0 aromatic carbocycles. The Labute approximate surface area is 98.5 Å². The minimum absolute atomic E-state index is 0.0670. The van der Waals surface area contributed by atoms with Crippen molar-refractivity contribution in [2.75, 3.05) is 12.3 Å². The Morgan fingerprint density at radius 1 is 1.47 bits per heavy atom. The molecule has 1 fully saturated rings. The average molecular weight is 263 g/mol. The molecule has 84 valence electrons. The van der Waals surface area contributed by atoms with Crippen molar-refractivity contribution in [3.63, 3.8) is 0 Å². The topological polar surface area (TPSA) is 37.4 Å². The van der Waals surface area contributed by atoms with E-state index in [-0.39, 0.29) is 5.37 Å². The minimum Gasteiger partial charge on any atom is -0.206 e. The lowest BCUT2D eigenvalue weighted by Crippen LogP contribution is -2.32. The highest BCUT2D eigenvalue weighted by Gasteiger charge is 2.33. The number of rotatable bonds is 2. The molecule has 0 aliphatic carbocycles. The molecule has 0 spiro atoms. The molecule has 1 aliphatic heterocycles. The summed E-state index contributed by atoms with van der Waals surface area (Å²) >= 11 is 3.03. The second-order valence-electron chi connectivity index (χ2n) is 3.45. The first kappa shape index (κ1) is 11.4. The van der Waals surface area contributed by atoms with Crippen LogP contribution in [0.15, 0.2) is 16.3 Å². The fourth-order valence-electron chi connectivity index (χ4n) is 1.56. The minimum atomic E-state index is -3.24. The maximum absolute atomic E-state index is 12.2. The lowest BCUT2D eigenvalue weighted by atomic mass is 10.5. The summed E-state index contributed by atoms with van der Waals surface area (Å²) in [5, 5.41) is 0.0670. The maximum Gasteiger partial charge on any atom is 0.253 e. The van der Waals surface area contributed by atoms with Crippen molar-refractivity contribution in [2.45, 2.75) is 23.4 Å². The van der Waals surface area contributed by atoms with Crippen molar-refractivity contribution in [1.82, 2.24) is 4.31 Å². The van der Waals surface area contributed by atoms with Gasteiger partial charge in [-0.1, -0.05) is 0 Å². The summed E-state index contributed by atoms with van der Waals surface area (Å²) < 4.78 is 26.4. The van der Waals surface area contributed by atoms with Crippen molar-refractivity contribution in [3.8, 4) is 0 Å². The lowest BCUT2D eigenvalue weighted by Gasteiger charge is -2.18. The molecule has 2 heterocycles. The van der Waals surface area contributed by atoms with E-state index >= 15 is 0 Å². The third-order valence-corrected chi connectivity index (χ3v) is 7.08. The molecule has 1 unspecified atom stereocenters. The van der Waals surface area contributed by atoms with E-state index in [0.29, 0.717) is 10.8 Å². The van der Waals surface area contributed by atoms with Gasteiger partial charge in [-0.15, -0.1) is 23.1 Å². The van der Waals surface area contributed by atoms with Crippen molar-refractivity contribution >= 4 is 33.1 Å². The van der Waals surface area contributed by atoms with Gasteiger partial charge in [-0.2, -0.15) is 4.31 Å². The molecule has 0 bridgehead atoms. The van der Waals surface area contributed by atoms with Crippen LogP contribution in [-0.2, 0) is 10.0 Å². The third-order valence-electron chi connectivity index (χ3n) is 2.35. The van der Waals surface area contributed by atoms with Crippen LogP contribution in [0.5, 0.6) is 0 Å². The first-order chi connectivity index (χ1) is 7.01. The average Bonchev–Trinajstić information content (AvgIpc) is 2.74. The third kappa shape index (κ3) is 2.08. The van der Waals surface area contributed by atoms with Crippen molar-refractivity contribution in [2.24, 2.45) is 0 Å². The van der Waals surface area contributed by atoms with Crippen LogP contribution in [-0.4, -0.2) is 30.4 Å². The van der Waals surface area contributed by atoms with Gasteiger partial charge in [0, 0.05) is 17.2 Å². The van der Waals surface area contributed by atoms with Gasteiger partial charge in [-0.25, -0.2) is 8.42 Å². The van der Waals surface area contributed by atoms with Crippen LogP contribution in [0.1, 0.15) is 11.8 Å². The summed E-state index contributed by atoms with van der Waals surface area (Å²) in [6.07, 6.45) is 0. The second-order valence-corrected chi connectivity index (χ2v) is 8.28. The van der Waals surface area contributed by atoms with Crippen LogP contribution in [0.2, 0.25) is 0 Å². The molecule has 1 aromatic heterocycles. The zero-order valence-electron chi connectivity index (χ0n) is 8.63. The molecule has 15 heavy (non-hydrogen) atoms. The maximum atomic E-state index is 12.2. The van der Waals surface area contributed by atoms with E-state index < -0.39 is 10.0 Å². The van der Waals surface area contributed by atoms with Crippen LogP contribution >= 0.6 is 23.1 Å². The number of aryl methyl sites for hydroxylation is 1. The summed E-state index contributed by atoms with van der Waals surface area (Å²) in [6.45, 7) is 4.49. The highest BCUT2D eigenvalue weighted by atomic mass is 32.2. The van der Waals surface area contributed by atoms with Crippen molar-refractivity contribution < 1.29 is 8.42 Å². The summed E-state index contributed by atoms with van der Waals surface area (Å²) in [4.78, 5) is 1.04. The Balaban J connectivity index is 2.34. The lowest BCUT2D eigenvalue weighted by molar-refractivity contribution is 0.443. The Hall–Kier alpha value is -0.0400. The van der Waals surface area contributed by atoms with E-state index in [0.717, 1.165) is 10.6 Å². The van der Waals surface area contributed by atoms with Gasteiger partial charge in [0.15, 0.2) is 0 Å². The molecule has 0 radical (unpaired) electrons. The quantitative estimate of drug-likeness (QED) is 0.820. The molecular weight excluding hydrogens is 250 g/mol. The smallest absolute Gasteiger partial charge is 0.206 e. The molecule has 1 aliphatic rings. The molecule has 3 nitrogen and oxygen atoms in total. The number of sulfonamides is 1. The highest BCUT2D eigenvalue weighted by Crippen LogP contribution is 2.32. The molecule has 0 saturated carbocycles. The largest absolute Gasteiger partial charge is 0.253 e. The van der Waals surface area contributed by atoms with E-state index in [1.165, 1.54) is 11.3 Å². The van der Waals surface area contributed by atoms with E-state index in [4.69, 9.17) is 0 Å². The zero-order valence-corrected chi connectivity index (χ0v) is 11.1.